The van der Waals surface area contributed by atoms with Crippen LogP contribution in [0.25, 0.3) is 0 Å². The van der Waals surface area contributed by atoms with Crippen LogP contribution in [-0.4, -0.2) is 17.0 Å². The first-order valence-corrected chi connectivity index (χ1v) is 6.22. The van der Waals surface area contributed by atoms with E-state index in [-0.39, 0.29) is 5.56 Å². The van der Waals surface area contributed by atoms with Crippen LogP contribution < -0.4 is 5.32 Å². The molecule has 0 spiro atoms. The summed E-state index contributed by atoms with van der Waals surface area (Å²) in [6.45, 7) is 4.40. The lowest BCUT2D eigenvalue weighted by Crippen LogP contribution is -2.36. The highest BCUT2D eigenvalue weighted by atomic mass is 19.1. The Hall–Kier alpha value is -1.98. The molecule has 1 aromatic rings. The number of carboxylic acids is 1. The van der Waals surface area contributed by atoms with Crippen molar-refractivity contribution in [3.05, 3.63) is 35.4 Å². The van der Waals surface area contributed by atoms with E-state index in [0.717, 1.165) is 18.2 Å². The standard InChI is InChI=1S/C14H17F2NO3/c1-7(8(2)14(19)20)13(18)17-9(3)11-6-10(15)4-5-12(11)16/h4-9H,1-3H3,(H,17,18)(H,19,20). The van der Waals surface area contributed by atoms with Crippen LogP contribution in [-0.2, 0) is 9.59 Å². The molecule has 0 saturated heterocycles. The predicted molar refractivity (Wildman–Crippen MR) is 68.9 cm³/mol. The van der Waals surface area contributed by atoms with Gasteiger partial charge >= 0.3 is 5.97 Å². The molecule has 6 heteroatoms. The summed E-state index contributed by atoms with van der Waals surface area (Å²) in [5, 5.41) is 11.3. The second-order valence-electron chi connectivity index (χ2n) is 4.81. The highest BCUT2D eigenvalue weighted by Crippen LogP contribution is 2.19. The van der Waals surface area contributed by atoms with Crippen LogP contribution in [0.15, 0.2) is 18.2 Å². The summed E-state index contributed by atoms with van der Waals surface area (Å²) in [4.78, 5) is 22.7. The van der Waals surface area contributed by atoms with Crippen LogP contribution in [0.5, 0.6) is 0 Å². The predicted octanol–water partition coefficient (Wildman–Crippen LogP) is 2.50. The van der Waals surface area contributed by atoms with Gasteiger partial charge in [0.15, 0.2) is 0 Å². The van der Waals surface area contributed by atoms with Gasteiger partial charge in [0.1, 0.15) is 11.6 Å². The largest absolute Gasteiger partial charge is 0.481 e. The van der Waals surface area contributed by atoms with Crippen LogP contribution in [0.1, 0.15) is 32.4 Å². The van der Waals surface area contributed by atoms with Crippen molar-refractivity contribution in [2.45, 2.75) is 26.8 Å². The molecule has 0 aliphatic heterocycles. The van der Waals surface area contributed by atoms with E-state index < -0.39 is 41.4 Å². The van der Waals surface area contributed by atoms with Crippen LogP contribution in [0.3, 0.4) is 0 Å². The number of carbonyl (C=O) groups excluding carboxylic acids is 1. The normalized spacial score (nSPS) is 15.2. The van der Waals surface area contributed by atoms with Crippen molar-refractivity contribution in [3.8, 4) is 0 Å². The van der Waals surface area contributed by atoms with E-state index in [2.05, 4.69) is 5.32 Å². The third-order valence-electron chi connectivity index (χ3n) is 3.34. The van der Waals surface area contributed by atoms with Crippen molar-refractivity contribution >= 4 is 11.9 Å². The smallest absolute Gasteiger partial charge is 0.307 e. The number of carbonyl (C=O) groups is 2. The second-order valence-corrected chi connectivity index (χ2v) is 4.81. The average molecular weight is 285 g/mol. The topological polar surface area (TPSA) is 66.4 Å². The quantitative estimate of drug-likeness (QED) is 0.873. The van der Waals surface area contributed by atoms with Gasteiger partial charge in [-0.15, -0.1) is 0 Å². The van der Waals surface area contributed by atoms with Crippen molar-refractivity contribution < 1.29 is 23.5 Å². The van der Waals surface area contributed by atoms with Crippen molar-refractivity contribution in [3.63, 3.8) is 0 Å². The highest BCUT2D eigenvalue weighted by molar-refractivity contribution is 5.84. The number of amides is 1. The fourth-order valence-electron chi connectivity index (χ4n) is 1.71. The molecule has 3 unspecified atom stereocenters. The minimum Gasteiger partial charge on any atom is -0.481 e. The maximum atomic E-state index is 13.5. The lowest BCUT2D eigenvalue weighted by Gasteiger charge is -2.20. The molecular weight excluding hydrogens is 268 g/mol. The summed E-state index contributed by atoms with van der Waals surface area (Å²) in [7, 11) is 0. The molecule has 20 heavy (non-hydrogen) atoms. The SMILES string of the molecule is CC(NC(=O)C(C)C(C)C(=O)O)c1cc(F)ccc1F. The molecule has 0 radical (unpaired) electrons. The van der Waals surface area contributed by atoms with Crippen LogP contribution >= 0.6 is 0 Å². The van der Waals surface area contributed by atoms with E-state index in [4.69, 9.17) is 5.11 Å². The zero-order valence-electron chi connectivity index (χ0n) is 11.5. The summed E-state index contributed by atoms with van der Waals surface area (Å²) in [5.74, 6) is -4.47. The molecule has 1 aromatic carbocycles. The molecule has 1 amide bonds. The van der Waals surface area contributed by atoms with Gasteiger partial charge in [-0.25, -0.2) is 8.78 Å². The molecule has 0 saturated carbocycles. The molecule has 0 aliphatic rings. The van der Waals surface area contributed by atoms with Gasteiger partial charge in [-0.2, -0.15) is 0 Å². The minimum atomic E-state index is -1.09. The number of benzene rings is 1. The molecular formula is C14H17F2NO3. The molecule has 4 nitrogen and oxygen atoms in total. The van der Waals surface area contributed by atoms with E-state index in [1.807, 2.05) is 0 Å². The van der Waals surface area contributed by atoms with Crippen molar-refractivity contribution in [2.75, 3.05) is 0 Å². The number of nitrogens with one attached hydrogen (secondary N) is 1. The Balaban J connectivity index is 2.80. The van der Waals surface area contributed by atoms with Crippen LogP contribution in [0.4, 0.5) is 8.78 Å². The third kappa shape index (κ3) is 3.76. The fourth-order valence-corrected chi connectivity index (χ4v) is 1.71. The first-order valence-electron chi connectivity index (χ1n) is 6.22. The number of hydrogen-bond acceptors (Lipinski definition) is 2. The molecule has 1 rings (SSSR count). The Bertz CT molecular complexity index is 519. The number of halogens is 2. The molecule has 110 valence electrons. The molecule has 0 bridgehead atoms. The summed E-state index contributed by atoms with van der Waals surface area (Å²) >= 11 is 0. The average Bonchev–Trinajstić information content (AvgIpc) is 2.39. The number of rotatable bonds is 5. The Morgan fingerprint density at radius 3 is 2.30 bits per heavy atom. The maximum absolute atomic E-state index is 13.5. The van der Waals surface area contributed by atoms with E-state index in [0.29, 0.717) is 0 Å². The van der Waals surface area contributed by atoms with Crippen molar-refractivity contribution in [1.29, 1.82) is 0 Å². The van der Waals surface area contributed by atoms with E-state index in [1.165, 1.54) is 20.8 Å². The summed E-state index contributed by atoms with van der Waals surface area (Å²) in [6.07, 6.45) is 0. The number of hydrogen-bond donors (Lipinski definition) is 2. The van der Waals surface area contributed by atoms with Gasteiger partial charge in [0.2, 0.25) is 5.91 Å². The molecule has 0 aromatic heterocycles. The zero-order chi connectivity index (χ0) is 15.4. The lowest BCUT2D eigenvalue weighted by atomic mass is 9.94. The molecule has 3 atom stereocenters. The van der Waals surface area contributed by atoms with Crippen molar-refractivity contribution in [2.24, 2.45) is 11.8 Å². The molecule has 2 N–H and O–H groups in total. The fraction of sp³-hybridized carbons (Fsp3) is 0.429. The molecule has 0 aliphatic carbocycles. The molecule has 0 heterocycles. The van der Waals surface area contributed by atoms with Gasteiger partial charge in [-0.1, -0.05) is 13.8 Å². The number of aliphatic carboxylic acids is 1. The monoisotopic (exact) mass is 285 g/mol. The Morgan fingerprint density at radius 2 is 1.75 bits per heavy atom. The first-order chi connectivity index (χ1) is 9.23. The first kappa shape index (κ1) is 16.1. The highest BCUT2D eigenvalue weighted by Gasteiger charge is 2.27. The summed E-state index contributed by atoms with van der Waals surface area (Å²) in [6, 6.07) is 2.23. The molecule has 0 fully saturated rings. The summed E-state index contributed by atoms with van der Waals surface area (Å²) in [5.41, 5.74) is 0.0218. The Kier molecular flexibility index (Phi) is 5.19. The second kappa shape index (κ2) is 6.45. The van der Waals surface area contributed by atoms with E-state index >= 15 is 0 Å². The van der Waals surface area contributed by atoms with Gasteiger partial charge in [0, 0.05) is 11.5 Å². The maximum Gasteiger partial charge on any atom is 0.307 e. The Labute approximate surface area is 115 Å². The third-order valence-corrected chi connectivity index (χ3v) is 3.34. The van der Waals surface area contributed by atoms with Crippen LogP contribution in [0, 0.1) is 23.5 Å². The van der Waals surface area contributed by atoms with E-state index in [9.17, 15) is 18.4 Å². The van der Waals surface area contributed by atoms with E-state index in [1.54, 1.807) is 0 Å². The van der Waals surface area contributed by atoms with Crippen molar-refractivity contribution in [1.82, 2.24) is 5.32 Å². The lowest BCUT2D eigenvalue weighted by molar-refractivity contribution is -0.146. The van der Waals surface area contributed by atoms with Crippen LogP contribution in [0.2, 0.25) is 0 Å². The van der Waals surface area contributed by atoms with Gasteiger partial charge in [-0.05, 0) is 25.1 Å². The summed E-state index contributed by atoms with van der Waals surface area (Å²) < 4.78 is 26.6. The van der Waals surface area contributed by atoms with Gasteiger partial charge < -0.3 is 10.4 Å². The van der Waals surface area contributed by atoms with Gasteiger partial charge in [-0.3, -0.25) is 9.59 Å². The minimum absolute atomic E-state index is 0.0218. The Morgan fingerprint density at radius 1 is 1.15 bits per heavy atom. The zero-order valence-corrected chi connectivity index (χ0v) is 11.5. The van der Waals surface area contributed by atoms with Gasteiger partial charge in [0.05, 0.1) is 12.0 Å². The van der Waals surface area contributed by atoms with Gasteiger partial charge in [0.25, 0.3) is 0 Å². The number of carboxylic acid groups (broad SMARTS) is 1.